The first-order valence-electron chi connectivity index (χ1n) is 10.5. The molecule has 0 fully saturated rings. The maximum atomic E-state index is 10.4. The summed E-state index contributed by atoms with van der Waals surface area (Å²) in [7, 11) is 3.00. The van der Waals surface area contributed by atoms with Gasteiger partial charge in [-0.05, 0) is 36.4 Å². The number of hydrogen-bond donors (Lipinski definition) is 2. The molecule has 0 aliphatic carbocycles. The summed E-state index contributed by atoms with van der Waals surface area (Å²) < 4.78 is 15.7. The van der Waals surface area contributed by atoms with Crippen LogP contribution in [0.2, 0.25) is 17.7 Å². The van der Waals surface area contributed by atoms with E-state index >= 15 is 0 Å². The largest absolute Gasteiger partial charge is 0.412 e. The number of ether oxygens (including phenoxy) is 2. The molecule has 0 amide bonds. The smallest absolute Gasteiger partial charge is 0.412 e. The van der Waals surface area contributed by atoms with Gasteiger partial charge < -0.3 is 25.2 Å². The molecule has 0 aliphatic rings. The Hall–Kier alpha value is -1.46. The van der Waals surface area contributed by atoms with E-state index in [-0.39, 0.29) is 58.9 Å². The van der Waals surface area contributed by atoms with Gasteiger partial charge in [-0.15, -0.1) is 0 Å². The van der Waals surface area contributed by atoms with Crippen molar-refractivity contribution in [1.29, 1.82) is 0 Å². The fraction of sp³-hybridized carbons (Fsp3) is 0.417. The summed E-state index contributed by atoms with van der Waals surface area (Å²) in [6.07, 6.45) is 0. The Morgan fingerprint density at radius 1 is 0.697 bits per heavy atom. The van der Waals surface area contributed by atoms with E-state index in [1.165, 1.54) is 56.2 Å². The molecule has 2 aromatic rings. The second kappa shape index (κ2) is 25.2. The van der Waals surface area contributed by atoms with Gasteiger partial charge in [-0.2, -0.15) is 0 Å². The summed E-state index contributed by atoms with van der Waals surface area (Å²) in [5.41, 5.74) is 0.480. The van der Waals surface area contributed by atoms with E-state index in [1.54, 1.807) is 24.3 Å². The van der Waals surface area contributed by atoms with Crippen molar-refractivity contribution in [3.05, 3.63) is 59.7 Å². The molecule has 2 rings (SSSR count). The Labute approximate surface area is 218 Å². The first-order valence-corrected chi connectivity index (χ1v) is 18.5. The molecule has 0 spiro atoms. The van der Waals surface area contributed by atoms with Crippen LogP contribution in [0.5, 0.6) is 11.5 Å². The Morgan fingerprint density at radius 2 is 1.00 bits per heavy atom. The molecule has 0 bridgehead atoms. The van der Waals surface area contributed by atoms with E-state index in [0.29, 0.717) is 11.5 Å². The minimum absolute atomic E-state index is 0. The predicted octanol–water partition coefficient (Wildman–Crippen LogP) is 5.10. The van der Waals surface area contributed by atoms with Crippen molar-refractivity contribution < 1.29 is 34.8 Å². The van der Waals surface area contributed by atoms with Crippen molar-refractivity contribution in [2.24, 2.45) is 0 Å². The van der Waals surface area contributed by atoms with Gasteiger partial charge in [0.05, 0.1) is 25.3 Å². The van der Waals surface area contributed by atoms with Crippen LogP contribution in [0.15, 0.2) is 48.5 Å². The minimum atomic E-state index is -0.941. The second-order valence-corrected chi connectivity index (χ2v) is 16.9. The van der Waals surface area contributed by atoms with Crippen LogP contribution in [0.3, 0.4) is 0 Å². The standard InChI is InChI=1S/2C8H8O3.4C2H5.H2O.2Sn/c2*1-11-7-4-2-3-6(5-7)8(9)10;4*1-2;;;/h2*2-5H,1H3,(H,9,10);4*1H2,2H3;1H2;;. The van der Waals surface area contributed by atoms with Gasteiger partial charge in [0.2, 0.25) is 0 Å². The molecule has 4 radical (unpaired) electrons. The van der Waals surface area contributed by atoms with Gasteiger partial charge in [-0.3, -0.25) is 0 Å². The molecule has 0 unspecified atom stereocenters. The zero-order valence-electron chi connectivity index (χ0n) is 20.5. The molecule has 4 N–H and O–H groups in total. The van der Waals surface area contributed by atoms with Crippen molar-refractivity contribution in [3.63, 3.8) is 0 Å². The van der Waals surface area contributed by atoms with Crippen LogP contribution in [-0.2, 0) is 0 Å². The number of rotatable bonds is 8. The fourth-order valence-electron chi connectivity index (χ4n) is 2.01. The number of carboxylic acids is 2. The summed E-state index contributed by atoms with van der Waals surface area (Å²) in [6.45, 7) is 9.15. The molecule has 0 aliphatic heterocycles. The predicted molar refractivity (Wildman–Crippen MR) is 137 cm³/mol. The van der Waals surface area contributed by atoms with Crippen molar-refractivity contribution in [2.75, 3.05) is 14.2 Å². The molecule has 0 saturated carbocycles. The molecule has 0 atom stereocenters. The van der Waals surface area contributed by atoms with Crippen molar-refractivity contribution in [3.8, 4) is 11.5 Å². The quantitative estimate of drug-likeness (QED) is 0.376. The monoisotopic (exact) mass is 678 g/mol. The van der Waals surface area contributed by atoms with E-state index in [4.69, 9.17) is 19.7 Å². The van der Waals surface area contributed by atoms with Crippen LogP contribution in [0.25, 0.3) is 0 Å². The van der Waals surface area contributed by atoms with E-state index in [0.717, 1.165) is 0 Å². The Morgan fingerprint density at radius 3 is 1.18 bits per heavy atom. The molecule has 2 aromatic carbocycles. The molecule has 9 heteroatoms. The summed E-state index contributed by atoms with van der Waals surface area (Å²) in [4.78, 5) is 20.8. The number of benzene rings is 2. The number of carboxylic acid groups (broad SMARTS) is 2. The number of hydrogen-bond acceptors (Lipinski definition) is 4. The molecular weight excluding hydrogens is 638 g/mol. The van der Waals surface area contributed by atoms with Gasteiger partial charge >= 0.3 is 99.7 Å². The van der Waals surface area contributed by atoms with E-state index in [9.17, 15) is 9.59 Å². The number of carbonyl (C=O) groups is 2. The van der Waals surface area contributed by atoms with Crippen LogP contribution in [0.1, 0.15) is 48.4 Å². The fourth-order valence-corrected chi connectivity index (χ4v) is 4.87. The first kappa shape index (κ1) is 36.1. The Balaban J connectivity index is -0.000000386. The van der Waals surface area contributed by atoms with Gasteiger partial charge in [-0.25, -0.2) is 9.59 Å². The SMILES string of the molecule is COc1cccc(C(=O)O)c1.COc1cccc(C(=O)O)c1.C[CH2][Sn][CH2]C.C[CH2][Sn][CH2]C.O. The molecule has 0 heterocycles. The average molecular weight is 676 g/mol. The third kappa shape index (κ3) is 20.8. The molecule has 33 heavy (non-hydrogen) atoms. The van der Waals surface area contributed by atoms with Gasteiger partial charge in [0.1, 0.15) is 11.5 Å². The minimum Gasteiger partial charge on any atom is -0.412 e. The summed E-state index contributed by atoms with van der Waals surface area (Å²) >= 11 is 0.436. The van der Waals surface area contributed by atoms with Gasteiger partial charge in [0.25, 0.3) is 0 Å². The van der Waals surface area contributed by atoms with Gasteiger partial charge in [0.15, 0.2) is 0 Å². The molecule has 184 valence electrons. The van der Waals surface area contributed by atoms with Crippen LogP contribution >= 0.6 is 0 Å². The summed E-state index contributed by atoms with van der Waals surface area (Å²) in [5, 5.41) is 17.1. The Kier molecular flexibility index (Phi) is 27.5. The van der Waals surface area contributed by atoms with E-state index < -0.39 is 11.9 Å². The van der Waals surface area contributed by atoms with Crippen LogP contribution in [0, 0.1) is 0 Å². The molecule has 7 nitrogen and oxygen atoms in total. The van der Waals surface area contributed by atoms with E-state index in [1.807, 2.05) is 0 Å². The third-order valence-electron chi connectivity index (χ3n) is 3.63. The summed E-state index contributed by atoms with van der Waals surface area (Å²) in [5.74, 6) is -0.761. The van der Waals surface area contributed by atoms with Crippen molar-refractivity contribution in [1.82, 2.24) is 0 Å². The molecule has 0 aromatic heterocycles. The number of aromatic carboxylic acids is 2. The maximum absolute atomic E-state index is 10.4. The van der Waals surface area contributed by atoms with E-state index in [2.05, 4.69) is 27.7 Å². The number of methoxy groups -OCH3 is 2. The average Bonchev–Trinajstić information content (AvgIpc) is 2.81. The first-order chi connectivity index (χ1) is 15.3. The van der Waals surface area contributed by atoms with Crippen LogP contribution in [-0.4, -0.2) is 84.1 Å². The van der Waals surface area contributed by atoms with Gasteiger partial charge in [-0.1, -0.05) is 12.1 Å². The third-order valence-corrected chi connectivity index (χ3v) is 9.34. The zero-order chi connectivity index (χ0) is 24.8. The molecule has 0 saturated heterocycles. The zero-order valence-corrected chi connectivity index (χ0v) is 26.2. The van der Waals surface area contributed by atoms with Crippen LogP contribution < -0.4 is 9.47 Å². The van der Waals surface area contributed by atoms with Crippen molar-refractivity contribution in [2.45, 2.75) is 45.4 Å². The van der Waals surface area contributed by atoms with Crippen molar-refractivity contribution >= 4 is 54.2 Å². The van der Waals surface area contributed by atoms with Gasteiger partial charge in [0, 0.05) is 0 Å². The Bertz CT molecular complexity index is 688. The summed E-state index contributed by atoms with van der Waals surface area (Å²) in [6, 6.07) is 12.7. The molecular formula is C24H38O7Sn2. The normalized spacial score (nSPS) is 8.67. The topological polar surface area (TPSA) is 125 Å². The second-order valence-electron chi connectivity index (χ2n) is 5.99. The van der Waals surface area contributed by atoms with Crippen LogP contribution in [0.4, 0.5) is 0 Å². The maximum Gasteiger partial charge on any atom is -0.412 e.